The lowest BCUT2D eigenvalue weighted by Gasteiger charge is -2.28. The molecule has 2 aromatic rings. The lowest BCUT2D eigenvalue weighted by Crippen LogP contribution is -2.36. The van der Waals surface area contributed by atoms with E-state index in [4.69, 9.17) is 9.72 Å². The van der Waals surface area contributed by atoms with E-state index in [1.807, 2.05) is 4.90 Å². The molecule has 0 bridgehead atoms. The Labute approximate surface area is 152 Å². The summed E-state index contributed by atoms with van der Waals surface area (Å²) in [5.74, 6) is 1.53. The summed E-state index contributed by atoms with van der Waals surface area (Å²) in [4.78, 5) is 25.8. The summed E-state index contributed by atoms with van der Waals surface area (Å²) < 4.78 is 5.42. The molecule has 3 aliphatic rings. The van der Waals surface area contributed by atoms with Crippen molar-refractivity contribution < 1.29 is 9.53 Å². The number of hydrogen-bond acceptors (Lipinski definition) is 5. The van der Waals surface area contributed by atoms with Gasteiger partial charge in [-0.1, -0.05) is 12.1 Å². The van der Waals surface area contributed by atoms with Crippen LogP contribution in [0.1, 0.15) is 18.5 Å². The Morgan fingerprint density at radius 2 is 1.88 bits per heavy atom. The molecule has 134 valence electrons. The van der Waals surface area contributed by atoms with Gasteiger partial charge in [-0.25, -0.2) is 4.98 Å². The number of nitrogens with zero attached hydrogens (tertiary/aromatic N) is 4. The first-order valence-electron chi connectivity index (χ1n) is 9.37. The van der Waals surface area contributed by atoms with Gasteiger partial charge in [-0.3, -0.25) is 14.7 Å². The average molecular weight is 350 g/mol. The number of benzene rings is 1. The van der Waals surface area contributed by atoms with E-state index in [9.17, 15) is 4.79 Å². The van der Waals surface area contributed by atoms with Gasteiger partial charge in [-0.2, -0.15) is 0 Å². The number of amides is 1. The molecule has 5 rings (SSSR count). The minimum atomic E-state index is 0.131. The van der Waals surface area contributed by atoms with Crippen LogP contribution in [-0.4, -0.2) is 48.7 Å². The molecule has 0 radical (unpaired) electrons. The first kappa shape index (κ1) is 15.8. The standard InChI is InChI=1S/C20H22N4O2/c25-19-11-17-20(24(19)13-14-1-2-14)22-18(12-21-17)15-3-5-16(6-4-15)23-7-9-26-10-8-23/h3-6,12,14H,1-2,7-11,13H2. The second-order valence-electron chi connectivity index (χ2n) is 7.30. The molecule has 1 aromatic heterocycles. The van der Waals surface area contributed by atoms with Crippen LogP contribution in [0.5, 0.6) is 0 Å². The number of fused-ring (bicyclic) bond motifs is 1. The zero-order chi connectivity index (χ0) is 17.5. The number of carbonyl (C=O) groups is 1. The maximum atomic E-state index is 12.3. The lowest BCUT2D eigenvalue weighted by molar-refractivity contribution is -0.117. The number of rotatable bonds is 4. The van der Waals surface area contributed by atoms with Crippen LogP contribution < -0.4 is 9.80 Å². The Bertz CT molecular complexity index is 826. The molecule has 3 heterocycles. The summed E-state index contributed by atoms with van der Waals surface area (Å²) in [6, 6.07) is 8.43. The number of anilines is 2. The van der Waals surface area contributed by atoms with E-state index >= 15 is 0 Å². The van der Waals surface area contributed by atoms with Gasteiger partial charge in [-0.15, -0.1) is 0 Å². The number of aromatic nitrogens is 2. The van der Waals surface area contributed by atoms with Gasteiger partial charge in [0.1, 0.15) is 0 Å². The molecule has 1 aromatic carbocycles. The molecule has 6 nitrogen and oxygen atoms in total. The fraction of sp³-hybridized carbons (Fsp3) is 0.450. The molecular formula is C20H22N4O2. The molecule has 0 atom stereocenters. The second kappa shape index (κ2) is 6.36. The number of ether oxygens (including phenoxy) is 1. The van der Waals surface area contributed by atoms with Crippen molar-refractivity contribution >= 4 is 17.4 Å². The van der Waals surface area contributed by atoms with Crippen LogP contribution in [0.3, 0.4) is 0 Å². The predicted molar refractivity (Wildman–Crippen MR) is 99.3 cm³/mol. The topological polar surface area (TPSA) is 58.6 Å². The largest absolute Gasteiger partial charge is 0.378 e. The van der Waals surface area contributed by atoms with Crippen molar-refractivity contribution in [3.05, 3.63) is 36.2 Å². The van der Waals surface area contributed by atoms with E-state index in [1.54, 1.807) is 6.20 Å². The lowest BCUT2D eigenvalue weighted by atomic mass is 10.1. The van der Waals surface area contributed by atoms with Crippen LogP contribution in [0.2, 0.25) is 0 Å². The average Bonchev–Trinajstić information content (AvgIpc) is 3.46. The second-order valence-corrected chi connectivity index (χ2v) is 7.30. The minimum absolute atomic E-state index is 0.131. The van der Waals surface area contributed by atoms with Gasteiger partial charge >= 0.3 is 0 Å². The van der Waals surface area contributed by atoms with E-state index in [0.717, 1.165) is 55.6 Å². The number of morpholine rings is 1. The summed E-state index contributed by atoms with van der Waals surface area (Å²) in [7, 11) is 0. The molecule has 2 fully saturated rings. The van der Waals surface area contributed by atoms with Gasteiger partial charge in [-0.05, 0) is 30.9 Å². The molecule has 6 heteroatoms. The quantitative estimate of drug-likeness (QED) is 0.847. The summed E-state index contributed by atoms with van der Waals surface area (Å²) in [6.45, 7) is 4.21. The smallest absolute Gasteiger partial charge is 0.234 e. The highest BCUT2D eigenvalue weighted by atomic mass is 16.5. The molecule has 0 N–H and O–H groups in total. The fourth-order valence-electron chi connectivity index (χ4n) is 3.65. The van der Waals surface area contributed by atoms with E-state index in [-0.39, 0.29) is 5.91 Å². The molecule has 0 spiro atoms. The highest BCUT2D eigenvalue weighted by Gasteiger charge is 2.35. The Kier molecular flexibility index (Phi) is 3.85. The van der Waals surface area contributed by atoms with Crippen LogP contribution in [0.15, 0.2) is 30.5 Å². The number of hydrogen-bond donors (Lipinski definition) is 0. The van der Waals surface area contributed by atoms with Gasteiger partial charge in [0.05, 0.1) is 37.2 Å². The fourth-order valence-corrected chi connectivity index (χ4v) is 3.65. The molecule has 26 heavy (non-hydrogen) atoms. The summed E-state index contributed by atoms with van der Waals surface area (Å²) >= 11 is 0. The molecule has 1 saturated heterocycles. The van der Waals surface area contributed by atoms with Crippen molar-refractivity contribution in [2.45, 2.75) is 19.3 Å². The summed E-state index contributed by atoms with van der Waals surface area (Å²) in [5, 5.41) is 0. The molecule has 1 aliphatic carbocycles. The Morgan fingerprint density at radius 1 is 1.12 bits per heavy atom. The molecule has 0 unspecified atom stereocenters. The van der Waals surface area contributed by atoms with Crippen LogP contribution >= 0.6 is 0 Å². The Hall–Kier alpha value is -2.47. The van der Waals surface area contributed by atoms with Crippen molar-refractivity contribution in [3.63, 3.8) is 0 Å². The third-order valence-corrected chi connectivity index (χ3v) is 5.38. The van der Waals surface area contributed by atoms with Crippen LogP contribution in [0.4, 0.5) is 11.5 Å². The van der Waals surface area contributed by atoms with Crippen LogP contribution in [0, 0.1) is 5.92 Å². The molecule has 2 aliphatic heterocycles. The first-order valence-corrected chi connectivity index (χ1v) is 9.37. The van der Waals surface area contributed by atoms with Gasteiger partial charge in [0.25, 0.3) is 0 Å². The van der Waals surface area contributed by atoms with E-state index < -0.39 is 0 Å². The van der Waals surface area contributed by atoms with Crippen LogP contribution in [-0.2, 0) is 16.0 Å². The Morgan fingerprint density at radius 3 is 2.62 bits per heavy atom. The van der Waals surface area contributed by atoms with Gasteiger partial charge in [0.2, 0.25) is 5.91 Å². The highest BCUT2D eigenvalue weighted by molar-refractivity contribution is 5.99. The molecule has 1 amide bonds. The van der Waals surface area contributed by atoms with E-state index in [0.29, 0.717) is 12.3 Å². The molecule has 1 saturated carbocycles. The van der Waals surface area contributed by atoms with Crippen molar-refractivity contribution in [1.82, 2.24) is 9.97 Å². The summed E-state index contributed by atoms with van der Waals surface area (Å²) in [5.41, 5.74) is 3.87. The predicted octanol–water partition coefficient (Wildman–Crippen LogP) is 2.28. The van der Waals surface area contributed by atoms with E-state index in [2.05, 4.69) is 34.1 Å². The van der Waals surface area contributed by atoms with Gasteiger partial charge < -0.3 is 9.64 Å². The third kappa shape index (κ3) is 2.94. The van der Waals surface area contributed by atoms with E-state index in [1.165, 1.54) is 18.5 Å². The minimum Gasteiger partial charge on any atom is -0.378 e. The Balaban J connectivity index is 1.40. The normalized spacial score (nSPS) is 19.8. The van der Waals surface area contributed by atoms with Gasteiger partial charge in [0.15, 0.2) is 5.82 Å². The number of carbonyl (C=O) groups excluding carboxylic acids is 1. The maximum absolute atomic E-state index is 12.3. The van der Waals surface area contributed by atoms with Crippen molar-refractivity contribution in [3.8, 4) is 11.3 Å². The summed E-state index contributed by atoms with van der Waals surface area (Å²) in [6.07, 6.45) is 4.60. The SMILES string of the molecule is O=C1Cc2ncc(-c3ccc(N4CCOCC4)cc3)nc2N1CC1CC1. The first-order chi connectivity index (χ1) is 12.8. The van der Waals surface area contributed by atoms with Crippen LogP contribution in [0.25, 0.3) is 11.3 Å². The molecular weight excluding hydrogens is 328 g/mol. The monoisotopic (exact) mass is 350 g/mol. The zero-order valence-corrected chi connectivity index (χ0v) is 14.7. The van der Waals surface area contributed by atoms with Crippen molar-refractivity contribution in [2.24, 2.45) is 5.92 Å². The maximum Gasteiger partial charge on any atom is 0.234 e. The highest BCUT2D eigenvalue weighted by Crippen LogP contribution is 2.35. The van der Waals surface area contributed by atoms with Crippen molar-refractivity contribution in [1.29, 1.82) is 0 Å². The zero-order valence-electron chi connectivity index (χ0n) is 14.7. The third-order valence-electron chi connectivity index (χ3n) is 5.38. The van der Waals surface area contributed by atoms with Crippen molar-refractivity contribution in [2.75, 3.05) is 42.6 Å². The van der Waals surface area contributed by atoms with Gasteiger partial charge in [0, 0.05) is 30.9 Å².